The van der Waals surface area contributed by atoms with Crippen molar-refractivity contribution in [1.82, 2.24) is 15.3 Å². The Morgan fingerprint density at radius 1 is 1.21 bits per heavy atom. The van der Waals surface area contributed by atoms with Gasteiger partial charge in [-0.3, -0.25) is 4.79 Å². The van der Waals surface area contributed by atoms with Crippen LogP contribution in [0.5, 0.6) is 0 Å². The molecule has 3 aromatic rings. The summed E-state index contributed by atoms with van der Waals surface area (Å²) in [5.74, 6) is 1.12. The first-order chi connectivity index (χ1) is 11.8. The lowest BCUT2D eigenvalue weighted by Crippen LogP contribution is -2.33. The molecule has 2 aromatic carbocycles. The summed E-state index contributed by atoms with van der Waals surface area (Å²) >= 11 is 1.67. The molecule has 122 valence electrons. The summed E-state index contributed by atoms with van der Waals surface area (Å²) in [6, 6.07) is 16.3. The van der Waals surface area contributed by atoms with E-state index in [1.165, 1.54) is 10.5 Å². The summed E-state index contributed by atoms with van der Waals surface area (Å²) in [7, 11) is 0. The summed E-state index contributed by atoms with van der Waals surface area (Å²) in [6.07, 6.45) is 2.55. The molecule has 0 spiro atoms. The SMILES string of the molecule is O=C(NCCCc1nc2ccccc2[nH]1)C1Cc2ccccc2S1. The molecule has 4 nitrogen and oxygen atoms in total. The maximum atomic E-state index is 12.3. The molecule has 1 aliphatic heterocycles. The molecule has 0 aliphatic carbocycles. The van der Waals surface area contributed by atoms with Crippen LogP contribution in [0.4, 0.5) is 0 Å². The number of nitrogens with one attached hydrogen (secondary N) is 2. The van der Waals surface area contributed by atoms with Gasteiger partial charge in [-0.1, -0.05) is 30.3 Å². The highest BCUT2D eigenvalue weighted by molar-refractivity contribution is 8.01. The fraction of sp³-hybridized carbons (Fsp3) is 0.263. The molecule has 5 heteroatoms. The van der Waals surface area contributed by atoms with Crippen molar-refractivity contribution in [3.63, 3.8) is 0 Å². The minimum Gasteiger partial charge on any atom is -0.355 e. The molecule has 24 heavy (non-hydrogen) atoms. The fourth-order valence-electron chi connectivity index (χ4n) is 3.03. The first-order valence-corrected chi connectivity index (χ1v) is 9.13. The second-order valence-electron chi connectivity index (χ2n) is 6.01. The highest BCUT2D eigenvalue weighted by atomic mass is 32.2. The number of fused-ring (bicyclic) bond motifs is 2. The summed E-state index contributed by atoms with van der Waals surface area (Å²) < 4.78 is 0. The molecular weight excluding hydrogens is 318 g/mol. The van der Waals surface area contributed by atoms with Crippen molar-refractivity contribution >= 4 is 28.7 Å². The van der Waals surface area contributed by atoms with E-state index in [4.69, 9.17) is 0 Å². The summed E-state index contributed by atoms with van der Waals surface area (Å²) in [5, 5.41) is 3.07. The third-order valence-corrected chi connectivity index (χ3v) is 5.59. The van der Waals surface area contributed by atoms with E-state index in [9.17, 15) is 4.79 Å². The molecular formula is C19H19N3OS. The standard InChI is InChI=1S/C19H19N3OS/c23-19(17-12-13-6-1-4-9-16(13)24-17)20-11-5-10-18-21-14-7-2-3-8-15(14)22-18/h1-4,6-9,17H,5,10-12H2,(H,20,23)(H,21,22). The lowest BCUT2D eigenvalue weighted by Gasteiger charge is -2.09. The number of hydrogen-bond acceptors (Lipinski definition) is 3. The smallest absolute Gasteiger partial charge is 0.233 e. The van der Waals surface area contributed by atoms with E-state index in [0.29, 0.717) is 6.54 Å². The van der Waals surface area contributed by atoms with Gasteiger partial charge in [0.1, 0.15) is 5.82 Å². The molecule has 1 amide bonds. The fourth-order valence-corrected chi connectivity index (χ4v) is 4.25. The average molecular weight is 337 g/mol. The minimum atomic E-state index is 0.00796. The van der Waals surface area contributed by atoms with Crippen molar-refractivity contribution in [2.75, 3.05) is 6.54 Å². The Balaban J connectivity index is 1.25. The van der Waals surface area contributed by atoms with Crippen LogP contribution >= 0.6 is 11.8 Å². The maximum absolute atomic E-state index is 12.3. The number of hydrogen-bond donors (Lipinski definition) is 2. The van der Waals surface area contributed by atoms with Crippen LogP contribution in [0.1, 0.15) is 17.8 Å². The highest BCUT2D eigenvalue weighted by Crippen LogP contribution is 2.36. The number of para-hydroxylation sites is 2. The maximum Gasteiger partial charge on any atom is 0.233 e. The van der Waals surface area contributed by atoms with E-state index in [2.05, 4.69) is 27.4 Å². The number of aromatic nitrogens is 2. The van der Waals surface area contributed by atoms with Crippen molar-refractivity contribution in [3.05, 3.63) is 59.9 Å². The zero-order valence-electron chi connectivity index (χ0n) is 13.3. The molecule has 0 saturated carbocycles. The Morgan fingerprint density at radius 2 is 2.04 bits per heavy atom. The molecule has 4 rings (SSSR count). The number of carbonyl (C=O) groups is 1. The lowest BCUT2D eigenvalue weighted by molar-refractivity contribution is -0.120. The van der Waals surface area contributed by atoms with E-state index in [1.807, 2.05) is 36.4 Å². The molecule has 0 saturated heterocycles. The number of H-pyrrole nitrogens is 1. The molecule has 2 heterocycles. The van der Waals surface area contributed by atoms with Crippen LogP contribution < -0.4 is 5.32 Å². The number of aromatic amines is 1. The summed E-state index contributed by atoms with van der Waals surface area (Å²) in [5.41, 5.74) is 3.35. The van der Waals surface area contributed by atoms with E-state index in [0.717, 1.165) is 36.1 Å². The largest absolute Gasteiger partial charge is 0.355 e. The third-order valence-electron chi connectivity index (χ3n) is 4.27. The van der Waals surface area contributed by atoms with Gasteiger partial charge in [0.15, 0.2) is 0 Å². The minimum absolute atomic E-state index is 0.00796. The number of carbonyl (C=O) groups excluding carboxylic acids is 1. The van der Waals surface area contributed by atoms with Gasteiger partial charge in [-0.2, -0.15) is 0 Å². The second-order valence-corrected chi connectivity index (χ2v) is 7.26. The molecule has 1 aliphatic rings. The monoisotopic (exact) mass is 337 g/mol. The summed E-state index contributed by atoms with van der Waals surface area (Å²) in [6.45, 7) is 0.684. The topological polar surface area (TPSA) is 57.8 Å². The number of aryl methyl sites for hydroxylation is 1. The van der Waals surface area contributed by atoms with E-state index < -0.39 is 0 Å². The van der Waals surface area contributed by atoms with Crippen molar-refractivity contribution in [2.45, 2.75) is 29.4 Å². The van der Waals surface area contributed by atoms with Crippen LogP contribution in [-0.2, 0) is 17.6 Å². The van der Waals surface area contributed by atoms with Gasteiger partial charge in [0.25, 0.3) is 0 Å². The van der Waals surface area contributed by atoms with Crippen LogP contribution in [0.3, 0.4) is 0 Å². The van der Waals surface area contributed by atoms with Crippen LogP contribution in [0.15, 0.2) is 53.4 Å². The average Bonchev–Trinajstić information content (AvgIpc) is 3.21. The lowest BCUT2D eigenvalue weighted by atomic mass is 10.1. The van der Waals surface area contributed by atoms with Gasteiger partial charge in [-0.25, -0.2) is 4.98 Å². The van der Waals surface area contributed by atoms with Crippen molar-refractivity contribution in [2.24, 2.45) is 0 Å². The molecule has 0 radical (unpaired) electrons. The third kappa shape index (κ3) is 3.17. The summed E-state index contributed by atoms with van der Waals surface area (Å²) in [4.78, 5) is 21.4. The van der Waals surface area contributed by atoms with Gasteiger partial charge in [-0.15, -0.1) is 11.8 Å². The molecule has 1 aromatic heterocycles. The van der Waals surface area contributed by atoms with Gasteiger partial charge in [-0.05, 0) is 36.6 Å². The molecule has 2 N–H and O–H groups in total. The van der Waals surface area contributed by atoms with Gasteiger partial charge in [0.2, 0.25) is 5.91 Å². The van der Waals surface area contributed by atoms with Gasteiger partial charge in [0, 0.05) is 17.9 Å². The Hall–Kier alpha value is -2.27. The van der Waals surface area contributed by atoms with Crippen LogP contribution in [0, 0.1) is 0 Å². The Labute approximate surface area is 145 Å². The zero-order chi connectivity index (χ0) is 16.4. The molecule has 0 fully saturated rings. The first-order valence-electron chi connectivity index (χ1n) is 8.25. The van der Waals surface area contributed by atoms with Gasteiger partial charge in [0.05, 0.1) is 16.3 Å². The highest BCUT2D eigenvalue weighted by Gasteiger charge is 2.27. The van der Waals surface area contributed by atoms with E-state index in [1.54, 1.807) is 11.8 Å². The number of rotatable bonds is 5. The second kappa shape index (κ2) is 6.69. The Kier molecular flexibility index (Phi) is 4.26. The Bertz CT molecular complexity index is 816. The predicted octanol–water partition coefficient (Wildman–Crippen LogP) is 3.33. The zero-order valence-corrected chi connectivity index (χ0v) is 14.1. The number of amides is 1. The number of nitrogens with zero attached hydrogens (tertiary/aromatic N) is 1. The van der Waals surface area contributed by atoms with Crippen molar-refractivity contribution in [1.29, 1.82) is 0 Å². The van der Waals surface area contributed by atoms with Gasteiger partial charge < -0.3 is 10.3 Å². The van der Waals surface area contributed by atoms with Crippen molar-refractivity contribution in [3.8, 4) is 0 Å². The number of imidazole rings is 1. The van der Waals surface area contributed by atoms with Crippen molar-refractivity contribution < 1.29 is 4.79 Å². The van der Waals surface area contributed by atoms with E-state index in [-0.39, 0.29) is 11.2 Å². The molecule has 1 unspecified atom stereocenters. The predicted molar refractivity (Wildman–Crippen MR) is 97.2 cm³/mol. The van der Waals surface area contributed by atoms with Crippen LogP contribution in [0.2, 0.25) is 0 Å². The molecule has 1 atom stereocenters. The molecule has 0 bridgehead atoms. The number of thioether (sulfide) groups is 1. The van der Waals surface area contributed by atoms with Crippen LogP contribution in [0.25, 0.3) is 11.0 Å². The van der Waals surface area contributed by atoms with Gasteiger partial charge >= 0.3 is 0 Å². The first kappa shape index (κ1) is 15.3. The van der Waals surface area contributed by atoms with E-state index >= 15 is 0 Å². The Morgan fingerprint density at radius 3 is 2.92 bits per heavy atom. The normalized spacial score (nSPS) is 16.2. The number of benzene rings is 2. The van der Waals surface area contributed by atoms with Crippen LogP contribution in [-0.4, -0.2) is 27.7 Å². The quantitative estimate of drug-likeness (QED) is 0.702.